The number of hydrogen-bond acceptors (Lipinski definition) is 5. The molecular weight excluding hydrogens is 224 g/mol. The molecule has 1 aliphatic rings. The Morgan fingerprint density at radius 3 is 3.06 bits per heavy atom. The first-order valence-corrected chi connectivity index (χ1v) is 6.28. The predicted octanol–water partition coefficient (Wildman–Crippen LogP) is 1.27. The summed E-state index contributed by atoms with van der Waals surface area (Å²) in [7, 11) is 0. The van der Waals surface area contributed by atoms with E-state index < -0.39 is 0 Å². The Kier molecular flexibility index (Phi) is 3.38. The van der Waals surface area contributed by atoms with Gasteiger partial charge in [0.1, 0.15) is 10.7 Å². The maximum Gasteiger partial charge on any atom is 0.222 e. The van der Waals surface area contributed by atoms with E-state index in [0.29, 0.717) is 23.9 Å². The quantitative estimate of drug-likeness (QED) is 0.845. The summed E-state index contributed by atoms with van der Waals surface area (Å²) in [5, 5.41) is 4.56. The summed E-state index contributed by atoms with van der Waals surface area (Å²) in [5.74, 6) is 0.830. The van der Waals surface area contributed by atoms with Crippen molar-refractivity contribution in [2.75, 3.05) is 12.3 Å². The van der Waals surface area contributed by atoms with Crippen molar-refractivity contribution in [1.82, 2.24) is 14.5 Å². The average molecular weight is 240 g/mol. The van der Waals surface area contributed by atoms with Crippen LogP contribution in [0.2, 0.25) is 0 Å². The fourth-order valence-corrected chi connectivity index (χ4v) is 2.28. The molecule has 2 heterocycles. The van der Waals surface area contributed by atoms with Crippen LogP contribution in [0.3, 0.4) is 0 Å². The third kappa shape index (κ3) is 2.49. The molecule has 88 valence electrons. The highest BCUT2D eigenvalue weighted by Gasteiger charge is 2.21. The third-order valence-electron chi connectivity index (χ3n) is 3.02. The lowest BCUT2D eigenvalue weighted by Crippen LogP contribution is -2.30. The van der Waals surface area contributed by atoms with Gasteiger partial charge in [0.15, 0.2) is 0 Å². The molecule has 0 aliphatic carbocycles. The molecule has 1 aromatic heterocycles. The van der Waals surface area contributed by atoms with Crippen LogP contribution >= 0.6 is 11.5 Å². The van der Waals surface area contributed by atoms with Gasteiger partial charge in [-0.15, -0.1) is 5.10 Å². The molecule has 16 heavy (non-hydrogen) atoms. The van der Waals surface area contributed by atoms with Crippen LogP contribution in [0, 0.1) is 5.92 Å². The van der Waals surface area contributed by atoms with Gasteiger partial charge in [0.25, 0.3) is 0 Å². The van der Waals surface area contributed by atoms with Crippen molar-refractivity contribution < 1.29 is 4.79 Å². The van der Waals surface area contributed by atoms with Gasteiger partial charge >= 0.3 is 0 Å². The third-order valence-corrected chi connectivity index (χ3v) is 3.62. The lowest BCUT2D eigenvalue weighted by molar-refractivity contribution is -0.131. The Labute approximate surface area is 98.8 Å². The monoisotopic (exact) mass is 240 g/mol. The number of nitrogens with two attached hydrogens (primary N) is 1. The van der Waals surface area contributed by atoms with Gasteiger partial charge in [0.05, 0.1) is 6.54 Å². The van der Waals surface area contributed by atoms with Crippen LogP contribution in [0.4, 0.5) is 5.00 Å². The van der Waals surface area contributed by atoms with Crippen molar-refractivity contribution >= 4 is 22.4 Å². The van der Waals surface area contributed by atoms with Gasteiger partial charge in [-0.25, -0.2) is 0 Å². The Morgan fingerprint density at radius 2 is 2.38 bits per heavy atom. The Morgan fingerprint density at radius 1 is 1.56 bits per heavy atom. The average Bonchev–Trinajstić information content (AvgIpc) is 2.59. The Bertz CT molecular complexity index is 379. The van der Waals surface area contributed by atoms with Crippen LogP contribution in [-0.4, -0.2) is 26.9 Å². The molecule has 0 saturated carbocycles. The Balaban J connectivity index is 2.03. The van der Waals surface area contributed by atoms with Crippen LogP contribution in [-0.2, 0) is 11.3 Å². The normalized spacial score (nSPS) is 22.2. The van der Waals surface area contributed by atoms with E-state index in [9.17, 15) is 4.79 Å². The number of carbonyl (C=O) groups excluding carboxylic acids is 1. The van der Waals surface area contributed by atoms with Gasteiger partial charge in [0, 0.05) is 24.5 Å². The highest BCUT2D eigenvalue weighted by Crippen LogP contribution is 2.21. The van der Waals surface area contributed by atoms with Gasteiger partial charge in [-0.1, -0.05) is 11.4 Å². The zero-order valence-corrected chi connectivity index (χ0v) is 10.2. The van der Waals surface area contributed by atoms with Gasteiger partial charge < -0.3 is 10.6 Å². The molecule has 6 heteroatoms. The second-order valence-electron chi connectivity index (χ2n) is 4.33. The molecule has 0 aromatic carbocycles. The molecule has 0 radical (unpaired) electrons. The molecule has 1 unspecified atom stereocenters. The number of nitrogen functional groups attached to an aromatic ring is 1. The summed E-state index contributed by atoms with van der Waals surface area (Å²) >= 11 is 1.18. The first-order chi connectivity index (χ1) is 7.66. The van der Waals surface area contributed by atoms with Crippen molar-refractivity contribution in [3.63, 3.8) is 0 Å². The molecule has 1 aromatic rings. The first kappa shape index (κ1) is 11.3. The summed E-state index contributed by atoms with van der Waals surface area (Å²) < 4.78 is 3.78. The van der Waals surface area contributed by atoms with E-state index in [1.165, 1.54) is 11.5 Å². The topological polar surface area (TPSA) is 72.1 Å². The zero-order chi connectivity index (χ0) is 11.5. The molecule has 1 aliphatic heterocycles. The van der Waals surface area contributed by atoms with Gasteiger partial charge in [-0.3, -0.25) is 4.79 Å². The first-order valence-electron chi connectivity index (χ1n) is 5.51. The lowest BCUT2D eigenvalue weighted by Gasteiger charge is -2.19. The minimum Gasteiger partial charge on any atom is -0.388 e. The maximum absolute atomic E-state index is 11.8. The fraction of sp³-hybridized carbons (Fsp3) is 0.700. The smallest absolute Gasteiger partial charge is 0.222 e. The molecule has 1 amide bonds. The van der Waals surface area contributed by atoms with Crippen LogP contribution in [0.5, 0.6) is 0 Å². The van der Waals surface area contributed by atoms with E-state index in [0.717, 1.165) is 25.1 Å². The second kappa shape index (κ2) is 4.78. The van der Waals surface area contributed by atoms with Crippen LogP contribution in [0.25, 0.3) is 0 Å². The number of aromatic nitrogens is 2. The minimum atomic E-state index is 0.205. The van der Waals surface area contributed by atoms with Gasteiger partial charge in [0.2, 0.25) is 5.91 Å². The number of nitrogens with zero attached hydrogens (tertiary/aromatic N) is 3. The predicted molar refractivity (Wildman–Crippen MR) is 62.8 cm³/mol. The molecule has 2 N–H and O–H groups in total. The summed E-state index contributed by atoms with van der Waals surface area (Å²) in [5.41, 5.74) is 6.45. The standard InChI is InChI=1S/C10H16N4OS/c1-7-2-3-9(15)14(5-4-7)6-8-10(11)16-13-12-8/h7H,2-6,11H2,1H3. The SMILES string of the molecule is CC1CCC(=O)N(Cc2nnsc2N)CC1. The van der Waals surface area contributed by atoms with E-state index in [1.807, 2.05) is 4.90 Å². The second-order valence-corrected chi connectivity index (χ2v) is 5.12. The van der Waals surface area contributed by atoms with Crippen molar-refractivity contribution in [1.29, 1.82) is 0 Å². The number of rotatable bonds is 2. The van der Waals surface area contributed by atoms with E-state index >= 15 is 0 Å². The van der Waals surface area contributed by atoms with E-state index in [1.54, 1.807) is 0 Å². The van der Waals surface area contributed by atoms with Crippen molar-refractivity contribution in [3.8, 4) is 0 Å². The molecule has 1 atom stereocenters. The molecule has 2 rings (SSSR count). The summed E-state index contributed by atoms with van der Waals surface area (Å²) in [4.78, 5) is 13.7. The molecular formula is C10H16N4OS. The summed E-state index contributed by atoms with van der Waals surface area (Å²) in [6.07, 6.45) is 2.68. The zero-order valence-electron chi connectivity index (χ0n) is 9.35. The largest absolute Gasteiger partial charge is 0.388 e. The molecule has 1 saturated heterocycles. The molecule has 0 bridgehead atoms. The number of likely N-dealkylation sites (tertiary alicyclic amines) is 1. The molecule has 0 spiro atoms. The summed E-state index contributed by atoms with van der Waals surface area (Å²) in [6.45, 7) is 3.50. The van der Waals surface area contributed by atoms with Crippen LogP contribution < -0.4 is 5.73 Å². The maximum atomic E-state index is 11.8. The fourth-order valence-electron chi connectivity index (χ4n) is 1.85. The highest BCUT2D eigenvalue weighted by atomic mass is 32.1. The van der Waals surface area contributed by atoms with Crippen LogP contribution in [0.1, 0.15) is 31.9 Å². The Hall–Kier alpha value is -1.17. The van der Waals surface area contributed by atoms with E-state index in [-0.39, 0.29) is 5.91 Å². The van der Waals surface area contributed by atoms with Crippen LogP contribution in [0.15, 0.2) is 0 Å². The number of hydrogen-bond donors (Lipinski definition) is 1. The van der Waals surface area contributed by atoms with E-state index in [2.05, 4.69) is 16.5 Å². The number of amides is 1. The van der Waals surface area contributed by atoms with Crippen molar-refractivity contribution in [2.45, 2.75) is 32.7 Å². The number of carbonyl (C=O) groups is 1. The molecule has 5 nitrogen and oxygen atoms in total. The lowest BCUT2D eigenvalue weighted by atomic mass is 10.0. The summed E-state index contributed by atoms with van der Waals surface area (Å²) in [6, 6.07) is 0. The molecule has 1 fully saturated rings. The highest BCUT2D eigenvalue weighted by molar-refractivity contribution is 7.09. The minimum absolute atomic E-state index is 0.205. The van der Waals surface area contributed by atoms with Crippen molar-refractivity contribution in [2.24, 2.45) is 5.92 Å². The number of anilines is 1. The van der Waals surface area contributed by atoms with E-state index in [4.69, 9.17) is 5.73 Å². The van der Waals surface area contributed by atoms with Gasteiger partial charge in [-0.2, -0.15) is 0 Å². The van der Waals surface area contributed by atoms with Crippen molar-refractivity contribution in [3.05, 3.63) is 5.69 Å². The van der Waals surface area contributed by atoms with Gasteiger partial charge in [-0.05, 0) is 18.8 Å².